The van der Waals surface area contributed by atoms with Crippen molar-refractivity contribution in [2.24, 2.45) is 4.99 Å². The van der Waals surface area contributed by atoms with Gasteiger partial charge in [-0.05, 0) is 18.2 Å². The van der Waals surface area contributed by atoms with Crippen molar-refractivity contribution in [3.05, 3.63) is 64.7 Å². The minimum absolute atomic E-state index is 0.389. The molecule has 21 heavy (non-hydrogen) atoms. The predicted molar refractivity (Wildman–Crippen MR) is 87.7 cm³/mol. The molecule has 0 saturated heterocycles. The molecule has 1 aliphatic rings. The highest BCUT2D eigenvalue weighted by atomic mass is 35.5. The lowest BCUT2D eigenvalue weighted by Crippen LogP contribution is -2.34. The van der Waals surface area contributed by atoms with Gasteiger partial charge in [-0.1, -0.05) is 41.9 Å². The maximum atomic E-state index is 10.1. The van der Waals surface area contributed by atoms with Crippen molar-refractivity contribution in [2.45, 2.75) is 6.10 Å². The molecule has 0 spiro atoms. The van der Waals surface area contributed by atoms with E-state index in [1.54, 1.807) is 0 Å². The summed E-state index contributed by atoms with van der Waals surface area (Å²) in [4.78, 5) is 6.68. The van der Waals surface area contributed by atoms with Gasteiger partial charge in [0.2, 0.25) is 0 Å². The topological polar surface area (TPSA) is 35.8 Å². The Kier molecular flexibility index (Phi) is 3.95. The third-order valence-electron chi connectivity index (χ3n) is 3.62. The van der Waals surface area contributed by atoms with Crippen LogP contribution in [-0.2, 0) is 0 Å². The van der Waals surface area contributed by atoms with Crippen molar-refractivity contribution in [1.82, 2.24) is 0 Å². The Morgan fingerprint density at radius 1 is 1.19 bits per heavy atom. The van der Waals surface area contributed by atoms with Gasteiger partial charge in [-0.25, -0.2) is 0 Å². The lowest BCUT2D eigenvalue weighted by Gasteiger charge is -2.28. The minimum atomic E-state index is -0.474. The van der Waals surface area contributed by atoms with Crippen LogP contribution in [0.1, 0.15) is 11.1 Å². The molecular formula is C17H17ClN2O. The van der Waals surface area contributed by atoms with Crippen LogP contribution in [0.5, 0.6) is 0 Å². The fraction of sp³-hybridized carbons (Fsp3) is 0.235. The molecule has 0 aromatic heterocycles. The zero-order valence-corrected chi connectivity index (χ0v) is 12.6. The fourth-order valence-electron chi connectivity index (χ4n) is 2.63. The van der Waals surface area contributed by atoms with Gasteiger partial charge in [0.25, 0.3) is 0 Å². The van der Waals surface area contributed by atoms with E-state index >= 15 is 0 Å². The number of aliphatic hydroxyl groups is 1. The first-order chi connectivity index (χ1) is 10.1. The number of nitrogens with zero attached hydrogens (tertiary/aromatic N) is 2. The van der Waals surface area contributed by atoms with E-state index in [-0.39, 0.29) is 0 Å². The normalized spacial score (nSPS) is 21.0. The first-order valence-corrected chi connectivity index (χ1v) is 7.32. The third-order valence-corrected chi connectivity index (χ3v) is 3.85. The van der Waals surface area contributed by atoms with Crippen molar-refractivity contribution in [2.75, 3.05) is 25.0 Å². The van der Waals surface area contributed by atoms with Crippen LogP contribution in [0.25, 0.3) is 0 Å². The van der Waals surface area contributed by atoms with Crippen molar-refractivity contribution in [3.8, 4) is 0 Å². The van der Waals surface area contributed by atoms with Gasteiger partial charge in [0.05, 0.1) is 18.4 Å². The second-order valence-corrected chi connectivity index (χ2v) is 5.69. The van der Waals surface area contributed by atoms with Crippen LogP contribution >= 0.6 is 11.6 Å². The van der Waals surface area contributed by atoms with Crippen molar-refractivity contribution >= 4 is 23.0 Å². The summed E-state index contributed by atoms with van der Waals surface area (Å²) in [7, 11) is 1.98. The number of likely N-dealkylation sites (N-methyl/N-ethyl adjacent to an activating group) is 1. The van der Waals surface area contributed by atoms with Crippen LogP contribution in [0.2, 0.25) is 5.02 Å². The number of fused-ring (bicyclic) bond motifs is 1. The molecule has 1 unspecified atom stereocenters. The number of rotatable bonds is 1. The van der Waals surface area contributed by atoms with Crippen LogP contribution in [-0.4, -0.2) is 37.1 Å². The Balaban J connectivity index is 2.19. The number of β-amino-alcohol motifs (C(OH)–C–C–N with tert-alkyl or cyclic N) is 1. The number of aliphatic hydroxyl groups excluding tert-OH is 1. The van der Waals surface area contributed by atoms with Crippen LogP contribution in [0.3, 0.4) is 0 Å². The first kappa shape index (κ1) is 14.1. The van der Waals surface area contributed by atoms with Gasteiger partial charge in [0, 0.05) is 35.4 Å². The molecule has 108 valence electrons. The molecule has 0 bridgehead atoms. The maximum Gasteiger partial charge on any atom is 0.0909 e. The molecule has 4 heteroatoms. The molecule has 1 aliphatic heterocycles. The molecule has 3 nitrogen and oxygen atoms in total. The molecule has 0 aliphatic carbocycles. The number of anilines is 1. The molecule has 0 saturated carbocycles. The second-order valence-electron chi connectivity index (χ2n) is 5.25. The van der Waals surface area contributed by atoms with Gasteiger partial charge in [-0.2, -0.15) is 0 Å². The van der Waals surface area contributed by atoms with Gasteiger partial charge >= 0.3 is 0 Å². The highest BCUT2D eigenvalue weighted by molar-refractivity contribution is 6.31. The summed E-state index contributed by atoms with van der Waals surface area (Å²) in [6.07, 6.45) is -0.474. The highest BCUT2D eigenvalue weighted by Crippen LogP contribution is 2.28. The highest BCUT2D eigenvalue weighted by Gasteiger charge is 2.20. The Morgan fingerprint density at radius 2 is 1.95 bits per heavy atom. The predicted octanol–water partition coefficient (Wildman–Crippen LogP) is 2.99. The average Bonchev–Trinajstić information content (AvgIpc) is 2.47. The maximum absolute atomic E-state index is 10.1. The van der Waals surface area contributed by atoms with Crippen LogP contribution in [0.4, 0.5) is 5.69 Å². The number of aliphatic imine (C=N–C) groups is 1. The molecule has 3 rings (SSSR count). The smallest absolute Gasteiger partial charge is 0.0909 e. The molecule has 1 atom stereocenters. The van der Waals surface area contributed by atoms with E-state index < -0.39 is 6.10 Å². The molecular weight excluding hydrogens is 284 g/mol. The standard InChI is InChI=1S/C17H17ClN2O/c1-20-11-14(21)10-19-17(12-5-3-2-4-6-12)15-9-13(18)7-8-16(15)20/h2-9,14,21H,10-11H2,1H3/b19-17-. The summed E-state index contributed by atoms with van der Waals surface area (Å²) in [5.74, 6) is 0. The summed E-state index contributed by atoms with van der Waals surface area (Å²) < 4.78 is 0. The average molecular weight is 301 g/mol. The zero-order valence-electron chi connectivity index (χ0n) is 11.8. The van der Waals surface area contributed by atoms with Crippen LogP contribution in [0, 0.1) is 0 Å². The number of hydrogen-bond acceptors (Lipinski definition) is 3. The fourth-order valence-corrected chi connectivity index (χ4v) is 2.80. The SMILES string of the molecule is CN1CC(O)C/N=C(/c2ccccc2)c2cc(Cl)ccc21. The van der Waals surface area contributed by atoms with Gasteiger partial charge in [-0.3, -0.25) is 4.99 Å². The van der Waals surface area contributed by atoms with Gasteiger partial charge in [-0.15, -0.1) is 0 Å². The number of halogens is 1. The minimum Gasteiger partial charge on any atom is -0.389 e. The Labute approximate surface area is 129 Å². The van der Waals surface area contributed by atoms with E-state index in [4.69, 9.17) is 11.6 Å². The monoisotopic (exact) mass is 300 g/mol. The van der Waals surface area contributed by atoms with Crippen LogP contribution in [0.15, 0.2) is 53.5 Å². The van der Waals surface area contributed by atoms with E-state index in [2.05, 4.69) is 4.99 Å². The summed E-state index contributed by atoms with van der Waals surface area (Å²) in [5, 5.41) is 10.7. The molecule has 0 fully saturated rings. The molecule has 1 heterocycles. The van der Waals surface area contributed by atoms with Gasteiger partial charge < -0.3 is 10.0 Å². The lowest BCUT2D eigenvalue weighted by molar-refractivity contribution is 0.190. The van der Waals surface area contributed by atoms with E-state index in [1.807, 2.05) is 60.5 Å². The second kappa shape index (κ2) is 5.88. The number of benzene rings is 2. The van der Waals surface area contributed by atoms with Crippen molar-refractivity contribution in [1.29, 1.82) is 0 Å². The molecule has 1 N–H and O–H groups in total. The van der Waals surface area contributed by atoms with E-state index in [9.17, 15) is 5.11 Å². The molecule has 0 amide bonds. The van der Waals surface area contributed by atoms with Crippen molar-refractivity contribution < 1.29 is 5.11 Å². The number of hydrogen-bond donors (Lipinski definition) is 1. The summed E-state index contributed by atoms with van der Waals surface area (Å²) in [6.45, 7) is 0.945. The third kappa shape index (κ3) is 2.94. The molecule has 2 aromatic rings. The Hall–Kier alpha value is -1.84. The lowest BCUT2D eigenvalue weighted by atomic mass is 9.99. The van der Waals surface area contributed by atoms with Crippen LogP contribution < -0.4 is 4.90 Å². The van der Waals surface area contributed by atoms with Gasteiger partial charge in [0.15, 0.2) is 0 Å². The van der Waals surface area contributed by atoms with E-state index in [1.165, 1.54) is 0 Å². The Bertz CT molecular complexity index is 670. The van der Waals surface area contributed by atoms with Crippen molar-refractivity contribution in [3.63, 3.8) is 0 Å². The summed E-state index contributed by atoms with van der Waals surface area (Å²) >= 11 is 6.18. The van der Waals surface area contributed by atoms with E-state index in [0.717, 1.165) is 22.5 Å². The van der Waals surface area contributed by atoms with E-state index in [0.29, 0.717) is 18.1 Å². The largest absolute Gasteiger partial charge is 0.389 e. The summed E-state index contributed by atoms with van der Waals surface area (Å²) in [6, 6.07) is 15.8. The zero-order chi connectivity index (χ0) is 14.8. The quantitative estimate of drug-likeness (QED) is 0.879. The Morgan fingerprint density at radius 3 is 2.71 bits per heavy atom. The molecule has 0 radical (unpaired) electrons. The van der Waals surface area contributed by atoms with Gasteiger partial charge in [0.1, 0.15) is 0 Å². The first-order valence-electron chi connectivity index (χ1n) is 6.94. The summed E-state index contributed by atoms with van der Waals surface area (Å²) in [5.41, 5.74) is 3.94. The molecule has 2 aromatic carbocycles.